The van der Waals surface area contributed by atoms with Gasteiger partial charge in [0.2, 0.25) is 0 Å². The number of imidazole rings is 1. The van der Waals surface area contributed by atoms with Crippen LogP contribution in [0.5, 0.6) is 11.5 Å². The van der Waals surface area contributed by atoms with Gasteiger partial charge >= 0.3 is 6.61 Å². The predicted molar refractivity (Wildman–Crippen MR) is 121 cm³/mol. The van der Waals surface area contributed by atoms with Crippen LogP contribution in [0.3, 0.4) is 0 Å². The molecule has 33 heavy (non-hydrogen) atoms. The summed E-state index contributed by atoms with van der Waals surface area (Å²) in [6.45, 7) is -3.11. The highest BCUT2D eigenvalue weighted by atomic mass is 19.3. The van der Waals surface area contributed by atoms with Crippen molar-refractivity contribution in [3.63, 3.8) is 0 Å². The molecule has 1 saturated carbocycles. The number of ether oxygens (including phenoxy) is 2. The van der Waals surface area contributed by atoms with Crippen LogP contribution in [0, 0.1) is 0 Å². The summed E-state index contributed by atoms with van der Waals surface area (Å²) in [6, 6.07) is 8.53. The van der Waals surface area contributed by atoms with Crippen LogP contribution in [-0.2, 0) is 0 Å². The van der Waals surface area contributed by atoms with Crippen LogP contribution in [0.4, 0.5) is 8.78 Å². The molecular formula is C23H23F2N5O3. The highest BCUT2D eigenvalue weighted by Gasteiger charge is 2.29. The zero-order valence-corrected chi connectivity index (χ0v) is 18.1. The van der Waals surface area contributed by atoms with E-state index in [1.165, 1.54) is 19.4 Å². The van der Waals surface area contributed by atoms with E-state index in [-0.39, 0.29) is 23.1 Å². The van der Waals surface area contributed by atoms with Gasteiger partial charge < -0.3 is 20.5 Å². The van der Waals surface area contributed by atoms with Crippen LogP contribution in [0.25, 0.3) is 22.3 Å². The van der Waals surface area contributed by atoms with Crippen molar-refractivity contribution in [1.29, 1.82) is 0 Å². The zero-order chi connectivity index (χ0) is 23.5. The summed E-state index contributed by atoms with van der Waals surface area (Å²) in [6.07, 6.45) is 6.35. The SMILES string of the molecule is CN=C/C(=C\N)c1ccc2c(c1)ncn2-c1cc(OC)c(C(=O)NC2CC2)c(OC(F)F)c1. The fourth-order valence-corrected chi connectivity index (χ4v) is 3.52. The second kappa shape index (κ2) is 9.27. The molecule has 0 atom stereocenters. The van der Waals surface area contributed by atoms with Crippen molar-refractivity contribution in [3.8, 4) is 17.2 Å². The molecule has 0 saturated heterocycles. The fourth-order valence-electron chi connectivity index (χ4n) is 3.52. The van der Waals surface area contributed by atoms with Crippen LogP contribution in [0.1, 0.15) is 28.8 Å². The summed E-state index contributed by atoms with van der Waals surface area (Å²) < 4.78 is 38.1. The van der Waals surface area contributed by atoms with Gasteiger partial charge in [-0.1, -0.05) is 6.07 Å². The van der Waals surface area contributed by atoms with Crippen molar-refractivity contribution < 1.29 is 23.0 Å². The van der Waals surface area contributed by atoms with Gasteiger partial charge in [0.25, 0.3) is 5.91 Å². The maximum atomic E-state index is 13.2. The number of nitrogens with one attached hydrogen (secondary N) is 1. The number of amides is 1. The molecule has 3 N–H and O–H groups in total. The molecule has 0 bridgehead atoms. The molecule has 1 amide bonds. The van der Waals surface area contributed by atoms with E-state index in [2.05, 4.69) is 15.3 Å². The number of rotatable bonds is 8. The standard InChI is InChI=1S/C23H23F2N5O3/c1-27-11-14(10-26)13-3-6-18-17(7-13)28-12-30(18)16-8-19(32-2)21(20(9-16)33-23(24)25)22(31)29-15-4-5-15/h3,6-12,15,23H,4-5,26H2,1-2H3,(H,29,31)/b14-10+,27-11?. The van der Waals surface area contributed by atoms with Crippen molar-refractivity contribution in [1.82, 2.24) is 14.9 Å². The monoisotopic (exact) mass is 455 g/mol. The molecule has 10 heteroatoms. The first-order chi connectivity index (χ1) is 15.9. The number of hydrogen-bond acceptors (Lipinski definition) is 6. The average molecular weight is 455 g/mol. The third kappa shape index (κ3) is 4.64. The second-order valence-corrected chi connectivity index (χ2v) is 7.47. The minimum atomic E-state index is -3.11. The Kier molecular flexibility index (Phi) is 6.25. The third-order valence-corrected chi connectivity index (χ3v) is 5.23. The van der Waals surface area contributed by atoms with Crippen molar-refractivity contribution in [3.05, 3.63) is 54.0 Å². The van der Waals surface area contributed by atoms with Gasteiger partial charge in [0.1, 0.15) is 23.4 Å². The van der Waals surface area contributed by atoms with E-state index < -0.39 is 12.5 Å². The first-order valence-corrected chi connectivity index (χ1v) is 10.2. The number of methoxy groups -OCH3 is 1. The molecule has 0 spiro atoms. The van der Waals surface area contributed by atoms with Gasteiger partial charge in [-0.2, -0.15) is 8.78 Å². The number of hydrogen-bond donors (Lipinski definition) is 2. The Morgan fingerprint density at radius 2 is 2.06 bits per heavy atom. The van der Waals surface area contributed by atoms with Crippen molar-refractivity contribution >= 4 is 28.7 Å². The minimum absolute atomic E-state index is 0.0401. The van der Waals surface area contributed by atoms with Gasteiger partial charge in [-0.05, 0) is 30.5 Å². The largest absolute Gasteiger partial charge is 0.496 e. The normalized spacial score (nSPS) is 14.3. The molecule has 3 aromatic rings. The van der Waals surface area contributed by atoms with Gasteiger partial charge in [0.05, 0.1) is 23.8 Å². The first kappa shape index (κ1) is 22.3. The highest BCUT2D eigenvalue weighted by Crippen LogP contribution is 2.35. The van der Waals surface area contributed by atoms with Crippen LogP contribution in [-0.4, -0.2) is 48.5 Å². The molecule has 1 fully saturated rings. The lowest BCUT2D eigenvalue weighted by molar-refractivity contribution is -0.0502. The van der Waals surface area contributed by atoms with Crippen LogP contribution < -0.4 is 20.5 Å². The molecule has 2 aromatic carbocycles. The Hall–Kier alpha value is -3.95. The van der Waals surface area contributed by atoms with E-state index >= 15 is 0 Å². The Labute approximate surface area is 188 Å². The van der Waals surface area contributed by atoms with Crippen LogP contribution in [0.15, 0.2) is 47.9 Å². The molecule has 1 aromatic heterocycles. The molecule has 1 aliphatic rings. The fraction of sp³-hybridized carbons (Fsp3) is 0.261. The average Bonchev–Trinajstić information content (AvgIpc) is 3.51. The van der Waals surface area contributed by atoms with Crippen LogP contribution in [0.2, 0.25) is 0 Å². The summed E-state index contributed by atoms with van der Waals surface area (Å²) in [5.41, 5.74) is 8.99. The topological polar surface area (TPSA) is 104 Å². The molecule has 0 unspecified atom stereocenters. The number of carbonyl (C=O) groups is 1. The summed E-state index contributed by atoms with van der Waals surface area (Å²) in [5.74, 6) is -0.675. The number of allylic oxidation sites excluding steroid dienone is 1. The number of aliphatic imine (C=N–C) groups is 1. The summed E-state index contributed by atoms with van der Waals surface area (Å²) in [4.78, 5) is 21.1. The van der Waals surface area contributed by atoms with Gasteiger partial charge in [0.15, 0.2) is 0 Å². The molecule has 172 valence electrons. The number of halogens is 2. The van der Waals surface area contributed by atoms with E-state index in [4.69, 9.17) is 15.2 Å². The van der Waals surface area contributed by atoms with Gasteiger partial charge in [0, 0.05) is 43.2 Å². The quantitative estimate of drug-likeness (QED) is 0.506. The molecule has 0 aliphatic heterocycles. The van der Waals surface area contributed by atoms with Gasteiger partial charge in [-0.15, -0.1) is 0 Å². The highest BCUT2D eigenvalue weighted by molar-refractivity contribution is 6.10. The summed E-state index contributed by atoms with van der Waals surface area (Å²) in [5, 5.41) is 2.79. The van der Waals surface area contributed by atoms with Crippen LogP contribution >= 0.6 is 0 Å². The lowest BCUT2D eigenvalue weighted by Gasteiger charge is -2.17. The van der Waals surface area contributed by atoms with E-state index in [9.17, 15) is 13.6 Å². The first-order valence-electron chi connectivity index (χ1n) is 10.2. The minimum Gasteiger partial charge on any atom is -0.496 e. The molecule has 1 aliphatic carbocycles. The Balaban J connectivity index is 1.80. The molecule has 4 rings (SSSR count). The number of nitrogens with zero attached hydrogens (tertiary/aromatic N) is 3. The number of nitrogens with two attached hydrogens (primary N) is 1. The summed E-state index contributed by atoms with van der Waals surface area (Å²) >= 11 is 0. The Morgan fingerprint density at radius 3 is 2.70 bits per heavy atom. The molecule has 8 nitrogen and oxygen atoms in total. The maximum Gasteiger partial charge on any atom is 0.387 e. The number of alkyl halides is 2. The smallest absolute Gasteiger partial charge is 0.387 e. The number of benzene rings is 2. The van der Waals surface area contributed by atoms with Crippen molar-refractivity contribution in [2.75, 3.05) is 14.2 Å². The molecule has 1 heterocycles. The number of carbonyl (C=O) groups excluding carboxylic acids is 1. The van der Waals surface area contributed by atoms with E-state index in [0.29, 0.717) is 16.7 Å². The zero-order valence-electron chi connectivity index (χ0n) is 18.1. The maximum absolute atomic E-state index is 13.2. The number of aromatic nitrogens is 2. The predicted octanol–water partition coefficient (Wildman–Crippen LogP) is 3.53. The van der Waals surface area contributed by atoms with Gasteiger partial charge in [-0.3, -0.25) is 14.4 Å². The van der Waals surface area contributed by atoms with Crippen molar-refractivity contribution in [2.24, 2.45) is 10.7 Å². The lowest BCUT2D eigenvalue weighted by atomic mass is 10.1. The second-order valence-electron chi connectivity index (χ2n) is 7.47. The third-order valence-electron chi connectivity index (χ3n) is 5.23. The van der Waals surface area contributed by atoms with E-state index in [0.717, 1.165) is 24.0 Å². The Morgan fingerprint density at radius 1 is 1.30 bits per heavy atom. The summed E-state index contributed by atoms with van der Waals surface area (Å²) in [7, 11) is 3.02. The lowest BCUT2D eigenvalue weighted by Crippen LogP contribution is -2.27. The van der Waals surface area contributed by atoms with Crippen molar-refractivity contribution in [2.45, 2.75) is 25.5 Å². The van der Waals surface area contributed by atoms with Gasteiger partial charge in [-0.25, -0.2) is 4.98 Å². The van der Waals surface area contributed by atoms with E-state index in [1.54, 1.807) is 30.2 Å². The van der Waals surface area contributed by atoms with E-state index in [1.807, 2.05) is 18.2 Å². The Bertz CT molecular complexity index is 1250. The number of fused-ring (bicyclic) bond motifs is 1. The molecular weight excluding hydrogens is 432 g/mol. The molecule has 0 radical (unpaired) electrons.